The maximum atomic E-state index is 14.1. The number of benzene rings is 2. The van der Waals surface area contributed by atoms with Crippen molar-refractivity contribution in [2.24, 2.45) is 0 Å². The van der Waals surface area contributed by atoms with Crippen LogP contribution in [0.3, 0.4) is 0 Å². The first-order valence-electron chi connectivity index (χ1n) is 13.3. The van der Waals surface area contributed by atoms with Gasteiger partial charge in [0.1, 0.15) is 11.5 Å². The van der Waals surface area contributed by atoms with Gasteiger partial charge in [0.05, 0.1) is 67.2 Å². The Kier molecular flexibility index (Phi) is 6.24. The van der Waals surface area contributed by atoms with Crippen LogP contribution in [0, 0.1) is 0 Å². The largest absolute Gasteiger partial charge is 0.497 e. The lowest BCUT2D eigenvalue weighted by atomic mass is 9.78. The maximum absolute atomic E-state index is 14.1. The SMILES string of the molecule is COc1ccc(Cn2c(=O)c3cnn(C4CCOC4)c3c3ccc(B4OC(C)(C)C(C)(C)O4)cc32)c(OC)c1. The summed E-state index contributed by atoms with van der Waals surface area (Å²) in [6.45, 7) is 9.71. The molecule has 9 nitrogen and oxygen atoms in total. The van der Waals surface area contributed by atoms with E-state index in [0.717, 1.165) is 33.9 Å². The van der Waals surface area contributed by atoms with Gasteiger partial charge in [-0.05, 0) is 57.8 Å². The topological polar surface area (TPSA) is 86.0 Å². The van der Waals surface area contributed by atoms with E-state index in [2.05, 4.69) is 5.10 Å². The number of hydrogen-bond acceptors (Lipinski definition) is 7. The Hall–Kier alpha value is -3.34. The molecule has 2 aliphatic heterocycles. The molecule has 2 aliphatic rings. The van der Waals surface area contributed by atoms with Crippen molar-refractivity contribution < 1.29 is 23.5 Å². The average Bonchev–Trinajstić information content (AvgIpc) is 3.64. The summed E-state index contributed by atoms with van der Waals surface area (Å²) in [6.07, 6.45) is 2.54. The quantitative estimate of drug-likeness (QED) is 0.351. The van der Waals surface area contributed by atoms with E-state index in [1.165, 1.54) is 0 Å². The van der Waals surface area contributed by atoms with E-state index in [1.807, 2.05) is 68.8 Å². The minimum absolute atomic E-state index is 0.0883. The van der Waals surface area contributed by atoms with Gasteiger partial charge in [0.2, 0.25) is 0 Å². The van der Waals surface area contributed by atoms with Gasteiger partial charge in [-0.25, -0.2) is 0 Å². The average molecular weight is 531 g/mol. The molecule has 2 aromatic carbocycles. The summed E-state index contributed by atoms with van der Waals surface area (Å²) >= 11 is 0. The molecule has 2 fully saturated rings. The van der Waals surface area contributed by atoms with Crippen LogP contribution in [0.2, 0.25) is 0 Å². The van der Waals surface area contributed by atoms with Crippen molar-refractivity contribution in [3.05, 3.63) is 58.5 Å². The Morgan fingerprint density at radius 2 is 1.79 bits per heavy atom. The number of aromatic nitrogens is 3. The van der Waals surface area contributed by atoms with E-state index in [4.69, 9.17) is 23.5 Å². The molecule has 1 atom stereocenters. The minimum Gasteiger partial charge on any atom is -0.497 e. The molecule has 204 valence electrons. The highest BCUT2D eigenvalue weighted by Gasteiger charge is 2.51. The number of fused-ring (bicyclic) bond motifs is 3. The molecule has 0 N–H and O–H groups in total. The van der Waals surface area contributed by atoms with Crippen molar-refractivity contribution in [1.82, 2.24) is 14.3 Å². The van der Waals surface area contributed by atoms with Gasteiger partial charge in [0.15, 0.2) is 0 Å². The zero-order valence-electron chi connectivity index (χ0n) is 23.3. The first-order valence-corrected chi connectivity index (χ1v) is 13.3. The van der Waals surface area contributed by atoms with Gasteiger partial charge in [0.25, 0.3) is 5.56 Å². The second kappa shape index (κ2) is 9.40. The van der Waals surface area contributed by atoms with Crippen LogP contribution in [-0.2, 0) is 20.6 Å². The zero-order valence-corrected chi connectivity index (χ0v) is 23.3. The first kappa shape index (κ1) is 25.9. The molecular weight excluding hydrogens is 497 g/mol. The monoisotopic (exact) mass is 531 g/mol. The molecule has 39 heavy (non-hydrogen) atoms. The van der Waals surface area contributed by atoms with E-state index in [9.17, 15) is 4.79 Å². The third kappa shape index (κ3) is 4.22. The van der Waals surface area contributed by atoms with E-state index >= 15 is 0 Å². The van der Waals surface area contributed by atoms with Crippen LogP contribution in [-0.4, -0.2) is 60.1 Å². The molecule has 0 amide bonds. The van der Waals surface area contributed by atoms with Crippen molar-refractivity contribution in [2.75, 3.05) is 27.4 Å². The molecule has 0 saturated carbocycles. The van der Waals surface area contributed by atoms with Gasteiger partial charge >= 0.3 is 7.12 Å². The van der Waals surface area contributed by atoms with Gasteiger partial charge in [0, 0.05) is 23.6 Å². The second-order valence-corrected chi connectivity index (χ2v) is 11.3. The number of rotatable bonds is 6. The molecule has 1 unspecified atom stereocenters. The van der Waals surface area contributed by atoms with E-state index in [-0.39, 0.29) is 11.6 Å². The standard InChI is InChI=1S/C29H34BN3O6/c1-28(2)29(3,4)39-30(38-28)19-8-10-22-24(13-19)32(16-18-7-9-21(35-5)14-25(18)36-6)27(34)23-15-31-33(26(22)23)20-11-12-37-17-20/h7-10,13-15,20H,11-12,16-17H2,1-6H3. The Morgan fingerprint density at radius 3 is 2.46 bits per heavy atom. The normalized spacial score (nSPS) is 20.3. The number of methoxy groups -OCH3 is 2. The fourth-order valence-corrected chi connectivity index (χ4v) is 5.44. The molecule has 0 radical (unpaired) electrons. The van der Waals surface area contributed by atoms with Crippen molar-refractivity contribution in [2.45, 2.75) is 57.9 Å². The third-order valence-electron chi connectivity index (χ3n) is 8.44. The molecule has 4 heterocycles. The molecule has 0 spiro atoms. The lowest BCUT2D eigenvalue weighted by molar-refractivity contribution is 0.00578. The summed E-state index contributed by atoms with van der Waals surface area (Å²) in [5.74, 6) is 1.33. The van der Waals surface area contributed by atoms with Crippen molar-refractivity contribution in [3.63, 3.8) is 0 Å². The summed E-state index contributed by atoms with van der Waals surface area (Å²) in [5.41, 5.74) is 2.24. The molecule has 2 saturated heterocycles. The molecule has 6 rings (SSSR count). The summed E-state index contributed by atoms with van der Waals surface area (Å²) in [4.78, 5) is 14.1. The van der Waals surface area contributed by atoms with Gasteiger partial charge in [-0.1, -0.05) is 12.1 Å². The zero-order chi connectivity index (χ0) is 27.5. The number of hydrogen-bond donors (Lipinski definition) is 0. The van der Waals surface area contributed by atoms with Gasteiger partial charge in [-0.3, -0.25) is 9.48 Å². The molecule has 0 aliphatic carbocycles. The van der Waals surface area contributed by atoms with E-state index in [0.29, 0.717) is 36.6 Å². The predicted molar refractivity (Wildman–Crippen MR) is 150 cm³/mol. The molecule has 10 heteroatoms. The number of ether oxygens (including phenoxy) is 3. The molecule has 0 bridgehead atoms. The molecular formula is C29H34BN3O6. The van der Waals surface area contributed by atoms with Gasteiger partial charge < -0.3 is 28.1 Å². The van der Waals surface area contributed by atoms with Crippen molar-refractivity contribution in [3.8, 4) is 11.5 Å². The van der Waals surface area contributed by atoms with Crippen LogP contribution >= 0.6 is 0 Å². The Bertz CT molecular complexity index is 1600. The summed E-state index contributed by atoms with van der Waals surface area (Å²) in [5, 5.41) is 6.17. The number of nitrogens with zero attached hydrogens (tertiary/aromatic N) is 3. The van der Waals surface area contributed by atoms with Crippen molar-refractivity contribution >= 4 is 34.4 Å². The summed E-state index contributed by atoms with van der Waals surface area (Å²) in [7, 11) is 2.68. The van der Waals surface area contributed by atoms with Crippen LogP contribution in [0.15, 0.2) is 47.4 Å². The lowest BCUT2D eigenvalue weighted by Gasteiger charge is -2.32. The minimum atomic E-state index is -0.553. The molecule has 2 aromatic heterocycles. The fraction of sp³-hybridized carbons (Fsp3) is 0.448. The maximum Gasteiger partial charge on any atom is 0.494 e. The van der Waals surface area contributed by atoms with Crippen LogP contribution in [0.4, 0.5) is 0 Å². The van der Waals surface area contributed by atoms with Crippen LogP contribution in [0.1, 0.15) is 45.7 Å². The Labute approximate surface area is 227 Å². The Balaban J connectivity index is 1.56. The highest BCUT2D eigenvalue weighted by atomic mass is 16.7. The highest BCUT2D eigenvalue weighted by molar-refractivity contribution is 6.62. The smallest absolute Gasteiger partial charge is 0.494 e. The predicted octanol–water partition coefficient (Wildman–Crippen LogP) is 3.68. The first-order chi connectivity index (χ1) is 18.6. The lowest BCUT2D eigenvalue weighted by Crippen LogP contribution is -2.41. The van der Waals surface area contributed by atoms with Gasteiger partial charge in [-0.2, -0.15) is 5.10 Å². The van der Waals surface area contributed by atoms with Crippen LogP contribution in [0.25, 0.3) is 21.8 Å². The third-order valence-corrected chi connectivity index (χ3v) is 8.44. The summed E-state index contributed by atoms with van der Waals surface area (Å²) in [6, 6.07) is 11.8. The summed E-state index contributed by atoms with van der Waals surface area (Å²) < 4.78 is 33.1. The van der Waals surface area contributed by atoms with E-state index < -0.39 is 18.3 Å². The van der Waals surface area contributed by atoms with Gasteiger partial charge in [-0.15, -0.1) is 0 Å². The van der Waals surface area contributed by atoms with Crippen molar-refractivity contribution in [1.29, 1.82) is 0 Å². The van der Waals surface area contributed by atoms with E-state index in [1.54, 1.807) is 25.0 Å². The van der Waals surface area contributed by atoms with Crippen LogP contribution in [0.5, 0.6) is 11.5 Å². The highest BCUT2D eigenvalue weighted by Crippen LogP contribution is 2.37. The number of pyridine rings is 1. The fourth-order valence-electron chi connectivity index (χ4n) is 5.44. The molecule has 4 aromatic rings. The second-order valence-electron chi connectivity index (χ2n) is 11.3. The van der Waals surface area contributed by atoms with Crippen LogP contribution < -0.4 is 20.5 Å². The Morgan fingerprint density at radius 1 is 1.03 bits per heavy atom.